The number of hydrogen-bond donors (Lipinski definition) is 2. The second-order valence-electron chi connectivity index (χ2n) is 8.28. The molecule has 0 heterocycles. The van der Waals surface area contributed by atoms with Crippen LogP contribution in [-0.2, 0) is 10.2 Å². The number of urea groups is 1. The quantitative estimate of drug-likeness (QED) is 0.550. The molecule has 2 fully saturated rings. The molecule has 1 aromatic carbocycles. The molecule has 0 bridgehead atoms. The van der Waals surface area contributed by atoms with Gasteiger partial charge in [0.1, 0.15) is 11.6 Å². The molecule has 0 aliphatic heterocycles. The van der Waals surface area contributed by atoms with Crippen LogP contribution in [0.25, 0.3) is 0 Å². The average Bonchev–Trinajstić information content (AvgIpc) is 3.33. The molecule has 2 saturated carbocycles. The highest BCUT2D eigenvalue weighted by atomic mass is 19.1. The smallest absolute Gasteiger partial charge is 0.314 e. The summed E-state index contributed by atoms with van der Waals surface area (Å²) < 4.78 is 27.4. The van der Waals surface area contributed by atoms with E-state index in [1.54, 1.807) is 6.08 Å². The van der Waals surface area contributed by atoms with Crippen molar-refractivity contribution in [3.63, 3.8) is 0 Å². The third-order valence-corrected chi connectivity index (χ3v) is 6.34. The number of rotatable bonds is 7. The van der Waals surface area contributed by atoms with Crippen LogP contribution in [0.5, 0.6) is 0 Å². The van der Waals surface area contributed by atoms with Crippen LogP contribution in [0.15, 0.2) is 23.2 Å². The summed E-state index contributed by atoms with van der Waals surface area (Å²) in [5, 5.41) is 5.77. The summed E-state index contributed by atoms with van der Waals surface area (Å²) in [5.74, 6) is -0.181. The fraction of sp³-hybridized carbons (Fsp3) is 0.619. The molecule has 1 aromatic rings. The van der Waals surface area contributed by atoms with Gasteiger partial charge in [-0.3, -0.25) is 0 Å². The van der Waals surface area contributed by atoms with Crippen molar-refractivity contribution >= 4 is 12.1 Å². The van der Waals surface area contributed by atoms with E-state index in [1.165, 1.54) is 12.1 Å². The molecule has 4 unspecified atom stereocenters. The lowest BCUT2D eigenvalue weighted by Gasteiger charge is -2.28. The van der Waals surface area contributed by atoms with Crippen LogP contribution in [0.2, 0.25) is 0 Å². The number of halogens is 2. The minimum atomic E-state index is -0.597. The van der Waals surface area contributed by atoms with E-state index in [0.717, 1.165) is 38.2 Å². The molecule has 2 N–H and O–H groups in total. The van der Waals surface area contributed by atoms with E-state index in [-0.39, 0.29) is 11.9 Å². The van der Waals surface area contributed by atoms with Crippen LogP contribution in [0, 0.1) is 29.4 Å². The first-order valence-electron chi connectivity index (χ1n) is 9.95. The molecule has 2 amide bonds. The highest BCUT2D eigenvalue weighted by Crippen LogP contribution is 2.54. The van der Waals surface area contributed by atoms with E-state index in [4.69, 9.17) is 0 Å². The number of isocyanates is 1. The maximum absolute atomic E-state index is 14.2. The molecule has 28 heavy (non-hydrogen) atoms. The zero-order chi connectivity index (χ0) is 20.1. The molecule has 152 valence electrons. The van der Waals surface area contributed by atoms with Crippen molar-refractivity contribution in [3.05, 3.63) is 35.4 Å². The molecule has 3 rings (SSSR count). The summed E-state index contributed by atoms with van der Waals surface area (Å²) in [7, 11) is 0. The van der Waals surface area contributed by atoms with Gasteiger partial charge in [0.05, 0.1) is 6.54 Å². The van der Waals surface area contributed by atoms with Crippen molar-refractivity contribution in [1.82, 2.24) is 10.6 Å². The number of carbonyl (C=O) groups is 1. The minimum absolute atomic E-state index is 0.227. The Kier molecular flexibility index (Phi) is 6.45. The topological polar surface area (TPSA) is 70.6 Å². The van der Waals surface area contributed by atoms with E-state index < -0.39 is 17.0 Å². The predicted octanol–water partition coefficient (Wildman–Crippen LogP) is 3.68. The fourth-order valence-corrected chi connectivity index (χ4v) is 4.56. The maximum atomic E-state index is 14.2. The van der Waals surface area contributed by atoms with Crippen LogP contribution < -0.4 is 10.6 Å². The summed E-state index contributed by atoms with van der Waals surface area (Å²) in [6.45, 7) is 3.41. The Bertz CT molecular complexity index is 766. The van der Waals surface area contributed by atoms with Crippen LogP contribution in [0.4, 0.5) is 13.6 Å². The molecular weight excluding hydrogens is 364 g/mol. The first-order chi connectivity index (χ1) is 13.4. The molecule has 4 atom stereocenters. The summed E-state index contributed by atoms with van der Waals surface area (Å²) in [5.41, 5.74) is 0.00490. The number of hydrogen-bond acceptors (Lipinski definition) is 3. The van der Waals surface area contributed by atoms with Gasteiger partial charge >= 0.3 is 6.03 Å². The molecule has 0 aromatic heterocycles. The fourth-order valence-electron chi connectivity index (χ4n) is 4.56. The Morgan fingerprint density at radius 3 is 2.71 bits per heavy atom. The van der Waals surface area contributed by atoms with Crippen molar-refractivity contribution in [2.75, 3.05) is 19.6 Å². The standard InChI is InChI=1S/C21H27F2N3O2/c1-14-9-21(14,18-6-5-17(22)8-19(18)23)12-26-20(28)25-11-16-4-2-3-15(7-16)10-24-13-27/h5-6,8,14-16H,2-4,7,9-12H2,1H3,(H2,25,26,28). The Balaban J connectivity index is 1.48. The largest absolute Gasteiger partial charge is 0.338 e. The van der Waals surface area contributed by atoms with Crippen molar-refractivity contribution in [2.45, 2.75) is 44.4 Å². The first kappa shape index (κ1) is 20.5. The van der Waals surface area contributed by atoms with Gasteiger partial charge in [0, 0.05) is 24.6 Å². The molecule has 5 nitrogen and oxygen atoms in total. The number of amides is 2. The van der Waals surface area contributed by atoms with E-state index in [2.05, 4.69) is 15.6 Å². The van der Waals surface area contributed by atoms with Crippen molar-refractivity contribution in [1.29, 1.82) is 0 Å². The zero-order valence-corrected chi connectivity index (χ0v) is 16.1. The van der Waals surface area contributed by atoms with Crippen LogP contribution >= 0.6 is 0 Å². The van der Waals surface area contributed by atoms with Gasteiger partial charge in [-0.15, -0.1) is 0 Å². The lowest BCUT2D eigenvalue weighted by Crippen LogP contribution is -2.42. The van der Waals surface area contributed by atoms with E-state index in [0.29, 0.717) is 37.0 Å². The maximum Gasteiger partial charge on any atom is 0.314 e. The van der Waals surface area contributed by atoms with E-state index >= 15 is 0 Å². The zero-order valence-electron chi connectivity index (χ0n) is 16.1. The lowest BCUT2D eigenvalue weighted by atomic mass is 9.81. The monoisotopic (exact) mass is 391 g/mol. The van der Waals surface area contributed by atoms with Gasteiger partial charge in [-0.05, 0) is 55.1 Å². The summed E-state index contributed by atoms with van der Waals surface area (Å²) in [6.07, 6.45) is 6.45. The SMILES string of the molecule is CC1CC1(CNC(=O)NCC1CCCC(CN=C=O)C1)c1ccc(F)cc1F. The highest BCUT2D eigenvalue weighted by Gasteiger charge is 2.53. The number of nitrogens with one attached hydrogen (secondary N) is 2. The molecule has 0 saturated heterocycles. The van der Waals surface area contributed by atoms with Crippen molar-refractivity contribution in [2.24, 2.45) is 22.7 Å². The molecule has 2 aliphatic rings. The predicted molar refractivity (Wildman–Crippen MR) is 102 cm³/mol. The summed E-state index contributed by atoms with van der Waals surface area (Å²) >= 11 is 0. The normalized spacial score (nSPS) is 28.9. The summed E-state index contributed by atoms with van der Waals surface area (Å²) in [6, 6.07) is 3.38. The molecule has 2 aliphatic carbocycles. The van der Waals surface area contributed by atoms with Gasteiger partial charge in [0.2, 0.25) is 6.08 Å². The molecular formula is C21H27F2N3O2. The Labute approximate surface area is 164 Å². The second kappa shape index (κ2) is 8.82. The van der Waals surface area contributed by atoms with Crippen LogP contribution in [0.3, 0.4) is 0 Å². The molecule has 0 radical (unpaired) electrons. The van der Waals surface area contributed by atoms with E-state index in [1.807, 2.05) is 6.92 Å². The van der Waals surface area contributed by atoms with Gasteiger partial charge in [0.15, 0.2) is 0 Å². The number of nitrogens with zero attached hydrogens (tertiary/aromatic N) is 1. The van der Waals surface area contributed by atoms with E-state index in [9.17, 15) is 18.4 Å². The lowest BCUT2D eigenvalue weighted by molar-refractivity contribution is 0.228. The van der Waals surface area contributed by atoms with Crippen molar-refractivity contribution < 1.29 is 18.4 Å². The van der Waals surface area contributed by atoms with Crippen molar-refractivity contribution in [3.8, 4) is 0 Å². The Morgan fingerprint density at radius 2 is 2.04 bits per heavy atom. The number of benzene rings is 1. The minimum Gasteiger partial charge on any atom is -0.338 e. The highest BCUT2D eigenvalue weighted by molar-refractivity contribution is 5.74. The Morgan fingerprint density at radius 1 is 1.29 bits per heavy atom. The van der Waals surface area contributed by atoms with Crippen LogP contribution in [-0.4, -0.2) is 31.7 Å². The van der Waals surface area contributed by atoms with Gasteiger partial charge in [0.25, 0.3) is 0 Å². The number of aliphatic imine (C=N–C) groups is 1. The third kappa shape index (κ3) is 4.76. The first-order valence-corrected chi connectivity index (χ1v) is 9.95. The molecule has 0 spiro atoms. The second-order valence-corrected chi connectivity index (χ2v) is 8.28. The van der Waals surface area contributed by atoms with Gasteiger partial charge in [-0.25, -0.2) is 23.4 Å². The Hall–Kier alpha value is -2.27. The van der Waals surface area contributed by atoms with Gasteiger partial charge in [-0.2, -0.15) is 0 Å². The van der Waals surface area contributed by atoms with Gasteiger partial charge in [-0.1, -0.05) is 19.4 Å². The third-order valence-electron chi connectivity index (χ3n) is 6.34. The summed E-state index contributed by atoms with van der Waals surface area (Å²) in [4.78, 5) is 26.2. The van der Waals surface area contributed by atoms with Gasteiger partial charge < -0.3 is 10.6 Å². The molecule has 7 heteroatoms. The number of carbonyl (C=O) groups excluding carboxylic acids is 2. The van der Waals surface area contributed by atoms with Crippen LogP contribution in [0.1, 0.15) is 44.6 Å². The average molecular weight is 391 g/mol.